The largest absolute Gasteiger partial charge is 0.349 e. The van der Waals surface area contributed by atoms with Crippen molar-refractivity contribution in [2.24, 2.45) is 11.8 Å². The number of nitrogens with zero attached hydrogens (tertiary/aromatic N) is 1. The number of anilines is 1. The highest BCUT2D eigenvalue weighted by Crippen LogP contribution is 2.44. The molecule has 0 atom stereocenters. The normalized spacial score (nSPS) is 21.0. The fraction of sp³-hybridized carbons (Fsp3) is 0.500. The summed E-state index contributed by atoms with van der Waals surface area (Å²) in [5.41, 5.74) is 3.71. The van der Waals surface area contributed by atoms with E-state index in [-0.39, 0.29) is 30.6 Å². The van der Waals surface area contributed by atoms with E-state index in [2.05, 4.69) is 10.7 Å². The second-order valence-electron chi connectivity index (χ2n) is 6.99. The fourth-order valence-corrected chi connectivity index (χ4v) is 3.31. The van der Waals surface area contributed by atoms with Gasteiger partial charge in [-0.25, -0.2) is 5.01 Å². The molecule has 2 N–H and O–H groups in total. The average Bonchev–Trinajstić information content (AvgIpc) is 3.48. The quantitative estimate of drug-likeness (QED) is 0.865. The highest BCUT2D eigenvalue weighted by molar-refractivity contribution is 6.01. The molecule has 3 fully saturated rings. The molecule has 2 saturated carbocycles. The van der Waals surface area contributed by atoms with E-state index in [4.69, 9.17) is 0 Å². The Hall–Kier alpha value is -2.37. The minimum absolute atomic E-state index is 0.0562. The molecule has 1 saturated heterocycles. The number of nitrogens with one attached hydrogen (secondary N) is 2. The smallest absolute Gasteiger partial charge is 0.251 e. The Balaban J connectivity index is 1.44. The number of carbonyl (C=O) groups excluding carboxylic acids is 3. The van der Waals surface area contributed by atoms with Gasteiger partial charge in [-0.15, -0.1) is 0 Å². The van der Waals surface area contributed by atoms with Crippen LogP contribution in [0.3, 0.4) is 0 Å². The van der Waals surface area contributed by atoms with Crippen LogP contribution in [0.25, 0.3) is 0 Å². The van der Waals surface area contributed by atoms with Crippen LogP contribution >= 0.6 is 0 Å². The first-order valence-corrected chi connectivity index (χ1v) is 8.65. The van der Waals surface area contributed by atoms with Crippen molar-refractivity contribution >= 4 is 23.4 Å². The van der Waals surface area contributed by atoms with Crippen LogP contribution in [-0.4, -0.2) is 23.8 Å². The van der Waals surface area contributed by atoms with E-state index in [1.807, 2.05) is 0 Å². The standard InChI is InChI=1S/C18H21N3O3/c22-15-9-10-16(23)21(20-15)14-7-5-13(6-8-14)18(24)19-17(11-1-2-11)12-3-4-12/h5-8,11-12,17H,1-4,9-10H2,(H,19,24)(H,20,22). The van der Waals surface area contributed by atoms with E-state index in [0.717, 1.165) is 0 Å². The summed E-state index contributed by atoms with van der Waals surface area (Å²) in [5.74, 6) is 0.936. The third-order valence-electron chi connectivity index (χ3n) is 5.00. The van der Waals surface area contributed by atoms with Crippen molar-refractivity contribution in [3.8, 4) is 0 Å². The van der Waals surface area contributed by atoms with E-state index in [0.29, 0.717) is 29.1 Å². The Morgan fingerprint density at radius 1 is 1.04 bits per heavy atom. The summed E-state index contributed by atoms with van der Waals surface area (Å²) in [6, 6.07) is 7.12. The van der Waals surface area contributed by atoms with Crippen molar-refractivity contribution in [3.05, 3.63) is 29.8 Å². The lowest BCUT2D eigenvalue weighted by molar-refractivity contribution is -0.130. The van der Waals surface area contributed by atoms with E-state index in [9.17, 15) is 14.4 Å². The molecule has 126 valence electrons. The average molecular weight is 327 g/mol. The molecule has 3 amide bonds. The molecule has 0 unspecified atom stereocenters. The zero-order valence-corrected chi connectivity index (χ0v) is 13.5. The van der Waals surface area contributed by atoms with E-state index >= 15 is 0 Å². The minimum atomic E-state index is -0.173. The third-order valence-corrected chi connectivity index (χ3v) is 5.00. The van der Waals surface area contributed by atoms with Crippen LogP contribution < -0.4 is 15.8 Å². The molecule has 6 heteroatoms. The van der Waals surface area contributed by atoms with Gasteiger partial charge in [-0.1, -0.05) is 0 Å². The molecule has 1 aromatic rings. The number of benzene rings is 1. The number of hydrogen-bond donors (Lipinski definition) is 2. The van der Waals surface area contributed by atoms with Gasteiger partial charge in [0.15, 0.2) is 0 Å². The second-order valence-corrected chi connectivity index (χ2v) is 6.99. The predicted octanol–water partition coefficient (Wildman–Crippen LogP) is 1.76. The third kappa shape index (κ3) is 3.13. The van der Waals surface area contributed by atoms with Gasteiger partial charge in [0.05, 0.1) is 5.69 Å². The van der Waals surface area contributed by atoms with Crippen LogP contribution in [-0.2, 0) is 9.59 Å². The van der Waals surface area contributed by atoms with Crippen LogP contribution in [0.2, 0.25) is 0 Å². The van der Waals surface area contributed by atoms with Crippen molar-refractivity contribution < 1.29 is 14.4 Å². The maximum atomic E-state index is 12.5. The number of carbonyl (C=O) groups is 3. The van der Waals surface area contributed by atoms with Crippen LogP contribution in [0.4, 0.5) is 5.69 Å². The Morgan fingerprint density at radius 2 is 1.67 bits per heavy atom. The lowest BCUT2D eigenvalue weighted by Gasteiger charge is -2.27. The maximum Gasteiger partial charge on any atom is 0.251 e. The van der Waals surface area contributed by atoms with E-state index in [1.165, 1.54) is 30.7 Å². The first-order chi connectivity index (χ1) is 11.6. The molecule has 2 aliphatic carbocycles. The molecule has 1 heterocycles. The van der Waals surface area contributed by atoms with Crippen molar-refractivity contribution in [1.82, 2.24) is 10.7 Å². The summed E-state index contributed by atoms with van der Waals surface area (Å²) in [6.45, 7) is 0. The van der Waals surface area contributed by atoms with Crippen LogP contribution in [0, 0.1) is 11.8 Å². The Labute approximate surface area is 140 Å². The highest BCUT2D eigenvalue weighted by atomic mass is 16.2. The lowest BCUT2D eigenvalue weighted by Crippen LogP contribution is -2.50. The van der Waals surface area contributed by atoms with E-state index in [1.54, 1.807) is 24.3 Å². The molecule has 24 heavy (non-hydrogen) atoms. The second kappa shape index (κ2) is 5.92. The first-order valence-electron chi connectivity index (χ1n) is 8.65. The van der Waals surface area contributed by atoms with Crippen molar-refractivity contribution in [2.75, 3.05) is 5.01 Å². The van der Waals surface area contributed by atoms with Crippen LogP contribution in [0.15, 0.2) is 24.3 Å². The van der Waals surface area contributed by atoms with Crippen molar-refractivity contribution in [2.45, 2.75) is 44.6 Å². The van der Waals surface area contributed by atoms with Gasteiger partial charge < -0.3 is 5.32 Å². The SMILES string of the molecule is O=C1CCC(=O)N(c2ccc(C(=O)NC(C3CC3)C3CC3)cc2)N1. The predicted molar refractivity (Wildman–Crippen MR) is 88.0 cm³/mol. The molecule has 0 radical (unpaired) electrons. The van der Waals surface area contributed by atoms with Gasteiger partial charge in [0.25, 0.3) is 5.91 Å². The van der Waals surface area contributed by atoms with Gasteiger partial charge in [-0.2, -0.15) is 0 Å². The molecule has 1 aliphatic heterocycles. The molecule has 3 aliphatic rings. The summed E-state index contributed by atoms with van der Waals surface area (Å²) < 4.78 is 0. The highest BCUT2D eigenvalue weighted by Gasteiger charge is 2.42. The number of hydrogen-bond acceptors (Lipinski definition) is 3. The Bertz CT molecular complexity index is 665. The monoisotopic (exact) mass is 327 g/mol. The summed E-state index contributed by atoms with van der Waals surface area (Å²) in [5, 5.41) is 4.44. The van der Waals surface area contributed by atoms with Gasteiger partial charge in [-0.05, 0) is 61.8 Å². The molecule has 0 spiro atoms. The van der Waals surface area contributed by atoms with Crippen LogP contribution in [0.1, 0.15) is 48.9 Å². The van der Waals surface area contributed by atoms with Crippen molar-refractivity contribution in [3.63, 3.8) is 0 Å². The van der Waals surface area contributed by atoms with Crippen molar-refractivity contribution in [1.29, 1.82) is 0 Å². The summed E-state index contributed by atoms with van der Waals surface area (Å²) >= 11 is 0. The first kappa shape index (κ1) is 15.2. The number of rotatable bonds is 5. The zero-order chi connectivity index (χ0) is 16.7. The Morgan fingerprint density at radius 3 is 2.25 bits per heavy atom. The Kier molecular flexibility index (Phi) is 3.75. The topological polar surface area (TPSA) is 78.5 Å². The summed E-state index contributed by atoms with van der Waals surface area (Å²) in [7, 11) is 0. The molecular weight excluding hydrogens is 306 g/mol. The molecule has 0 bridgehead atoms. The molecule has 1 aromatic carbocycles. The minimum Gasteiger partial charge on any atom is -0.349 e. The summed E-state index contributed by atoms with van der Waals surface area (Å²) in [6.07, 6.45) is 5.31. The van der Waals surface area contributed by atoms with Gasteiger partial charge in [-0.3, -0.25) is 19.8 Å². The molecule has 4 rings (SSSR count). The summed E-state index contributed by atoms with van der Waals surface area (Å²) in [4.78, 5) is 35.8. The molecular formula is C18H21N3O3. The van der Waals surface area contributed by atoms with Gasteiger partial charge >= 0.3 is 0 Å². The van der Waals surface area contributed by atoms with E-state index < -0.39 is 0 Å². The van der Waals surface area contributed by atoms with Gasteiger partial charge in [0.2, 0.25) is 11.8 Å². The van der Waals surface area contributed by atoms with Crippen LogP contribution in [0.5, 0.6) is 0 Å². The maximum absolute atomic E-state index is 12.5. The fourth-order valence-electron chi connectivity index (χ4n) is 3.31. The number of amides is 3. The number of hydrazine groups is 1. The lowest BCUT2D eigenvalue weighted by atomic mass is 10.1. The molecule has 6 nitrogen and oxygen atoms in total. The zero-order valence-electron chi connectivity index (χ0n) is 13.5. The molecule has 0 aromatic heterocycles. The van der Waals surface area contributed by atoms with Gasteiger partial charge in [0.1, 0.15) is 0 Å². The van der Waals surface area contributed by atoms with Gasteiger partial charge in [0, 0.05) is 24.4 Å².